The molecule has 1 aromatic carbocycles. The van der Waals surface area contributed by atoms with Crippen molar-refractivity contribution in [3.05, 3.63) is 72.3 Å². The van der Waals surface area contributed by atoms with Gasteiger partial charge in [-0.3, -0.25) is 14.4 Å². The summed E-state index contributed by atoms with van der Waals surface area (Å²) in [5.41, 5.74) is 8.21. The summed E-state index contributed by atoms with van der Waals surface area (Å²) < 4.78 is 0. The predicted octanol–water partition coefficient (Wildman–Crippen LogP) is -0.467. The number of nitrogens with zero attached hydrogens (tertiary/aromatic N) is 3. The first-order valence-corrected chi connectivity index (χ1v) is 12.7. The number of carbonyl (C=O) groups excluding carboxylic acids is 3. The van der Waals surface area contributed by atoms with Gasteiger partial charge in [-0.25, -0.2) is 14.8 Å². The van der Waals surface area contributed by atoms with E-state index in [1.54, 1.807) is 6.20 Å². The molecule has 3 heterocycles. The maximum Gasteiger partial charge on any atom is 0.326 e. The highest BCUT2D eigenvalue weighted by atomic mass is 16.4. The standard InChI is InChI=1S/C26H32N8O5/c27-19(9-16-5-2-1-3-6-16)23(35)32-20(10-17-12-28-14-30-17)25(37)34-8-4-7-22(34)24(36)33-21(26(38)39)11-18-13-29-15-31-18/h1-3,5-6,12-15,19-22H,4,7-11,27H2,(H,28,30)(H,29,31)(H,32,35)(H,33,36)(H,38,39). The number of likely N-dealkylation sites (tertiary alicyclic amines) is 1. The van der Waals surface area contributed by atoms with E-state index in [1.165, 1.54) is 23.8 Å². The summed E-state index contributed by atoms with van der Waals surface area (Å²) in [4.78, 5) is 66.7. The molecule has 1 aliphatic heterocycles. The zero-order chi connectivity index (χ0) is 27.8. The number of hydrogen-bond acceptors (Lipinski definition) is 7. The van der Waals surface area contributed by atoms with Crippen molar-refractivity contribution in [3.8, 4) is 0 Å². The largest absolute Gasteiger partial charge is 0.480 e. The monoisotopic (exact) mass is 536 g/mol. The number of nitrogens with one attached hydrogen (secondary N) is 4. The van der Waals surface area contributed by atoms with E-state index in [0.717, 1.165) is 5.56 Å². The van der Waals surface area contributed by atoms with Crippen LogP contribution in [0.4, 0.5) is 0 Å². The summed E-state index contributed by atoms with van der Waals surface area (Å²) >= 11 is 0. The van der Waals surface area contributed by atoms with Crippen LogP contribution >= 0.6 is 0 Å². The van der Waals surface area contributed by atoms with Gasteiger partial charge in [0.2, 0.25) is 17.7 Å². The highest BCUT2D eigenvalue weighted by molar-refractivity contribution is 5.94. The number of amides is 3. The van der Waals surface area contributed by atoms with Gasteiger partial charge in [0.15, 0.2) is 0 Å². The summed E-state index contributed by atoms with van der Waals surface area (Å²) in [6.07, 6.45) is 7.28. The molecule has 1 fully saturated rings. The van der Waals surface area contributed by atoms with E-state index >= 15 is 0 Å². The van der Waals surface area contributed by atoms with E-state index in [9.17, 15) is 24.3 Å². The number of carboxylic acid groups (broad SMARTS) is 1. The van der Waals surface area contributed by atoms with Crippen LogP contribution in [-0.2, 0) is 38.4 Å². The number of hydrogen-bond donors (Lipinski definition) is 6. The fourth-order valence-corrected chi connectivity index (χ4v) is 4.64. The van der Waals surface area contributed by atoms with Gasteiger partial charge >= 0.3 is 5.97 Å². The van der Waals surface area contributed by atoms with E-state index in [1.807, 2.05) is 30.3 Å². The lowest BCUT2D eigenvalue weighted by Crippen LogP contribution is -2.57. The number of imidazole rings is 2. The molecule has 3 amide bonds. The average Bonchev–Trinajstić information content (AvgIpc) is 3.71. The summed E-state index contributed by atoms with van der Waals surface area (Å²) in [5.74, 6) is -2.73. The number of aromatic amines is 2. The fraction of sp³-hybridized carbons (Fsp3) is 0.385. The second kappa shape index (κ2) is 12.8. The molecule has 1 saturated heterocycles. The van der Waals surface area contributed by atoms with Crippen LogP contribution in [0, 0.1) is 0 Å². The maximum absolute atomic E-state index is 13.7. The Morgan fingerprint density at radius 1 is 0.974 bits per heavy atom. The van der Waals surface area contributed by atoms with Crippen molar-refractivity contribution in [1.82, 2.24) is 35.5 Å². The zero-order valence-electron chi connectivity index (χ0n) is 21.2. The quantitative estimate of drug-likeness (QED) is 0.178. The van der Waals surface area contributed by atoms with E-state index < -0.39 is 47.9 Å². The summed E-state index contributed by atoms with van der Waals surface area (Å²) in [6, 6.07) is 5.34. The summed E-state index contributed by atoms with van der Waals surface area (Å²) in [7, 11) is 0. The molecule has 1 aliphatic rings. The Kier molecular flexibility index (Phi) is 9.05. The zero-order valence-corrected chi connectivity index (χ0v) is 21.2. The van der Waals surface area contributed by atoms with Gasteiger partial charge in [0.05, 0.1) is 18.7 Å². The lowest BCUT2D eigenvalue weighted by molar-refractivity contribution is -0.144. The van der Waals surface area contributed by atoms with Gasteiger partial charge in [-0.05, 0) is 24.8 Å². The molecule has 0 radical (unpaired) electrons. The molecular weight excluding hydrogens is 504 g/mol. The van der Waals surface area contributed by atoms with Crippen molar-refractivity contribution in [2.45, 2.75) is 56.3 Å². The van der Waals surface area contributed by atoms with E-state index in [2.05, 4.69) is 30.6 Å². The number of aliphatic carboxylic acids is 1. The van der Waals surface area contributed by atoms with Crippen LogP contribution in [0.5, 0.6) is 0 Å². The molecule has 206 valence electrons. The Morgan fingerprint density at radius 3 is 2.21 bits per heavy atom. The maximum atomic E-state index is 13.7. The summed E-state index contributed by atoms with van der Waals surface area (Å²) in [5, 5.41) is 14.9. The second-order valence-corrected chi connectivity index (χ2v) is 9.51. The molecule has 0 bridgehead atoms. The molecule has 3 aromatic rings. The SMILES string of the molecule is NC(Cc1ccccc1)C(=O)NC(Cc1cnc[nH]1)C(=O)N1CCCC1C(=O)NC(Cc1cnc[nH]1)C(=O)O. The third kappa shape index (κ3) is 7.29. The molecule has 4 atom stereocenters. The van der Waals surface area contributed by atoms with Crippen LogP contribution in [0.15, 0.2) is 55.4 Å². The van der Waals surface area contributed by atoms with Crippen molar-refractivity contribution in [3.63, 3.8) is 0 Å². The van der Waals surface area contributed by atoms with Crippen LogP contribution in [-0.4, -0.2) is 84.3 Å². The van der Waals surface area contributed by atoms with Crippen LogP contribution in [0.25, 0.3) is 0 Å². The first-order valence-electron chi connectivity index (χ1n) is 12.7. The van der Waals surface area contributed by atoms with Crippen LogP contribution in [0.3, 0.4) is 0 Å². The van der Waals surface area contributed by atoms with Gasteiger partial charge < -0.3 is 36.3 Å². The average molecular weight is 537 g/mol. The number of carboxylic acids is 1. The second-order valence-electron chi connectivity index (χ2n) is 9.51. The van der Waals surface area contributed by atoms with Crippen molar-refractivity contribution in [1.29, 1.82) is 0 Å². The molecule has 7 N–H and O–H groups in total. The molecule has 4 rings (SSSR count). The molecular formula is C26H32N8O5. The van der Waals surface area contributed by atoms with E-state index in [-0.39, 0.29) is 12.8 Å². The molecule has 2 aromatic heterocycles. The van der Waals surface area contributed by atoms with Gasteiger partial charge in [-0.1, -0.05) is 30.3 Å². The first-order chi connectivity index (χ1) is 18.8. The van der Waals surface area contributed by atoms with Gasteiger partial charge in [-0.2, -0.15) is 0 Å². The topological polar surface area (TPSA) is 199 Å². The van der Waals surface area contributed by atoms with Crippen LogP contribution < -0.4 is 16.4 Å². The Morgan fingerprint density at radius 2 is 1.62 bits per heavy atom. The lowest BCUT2D eigenvalue weighted by atomic mass is 10.0. The molecule has 4 unspecified atom stereocenters. The minimum Gasteiger partial charge on any atom is -0.480 e. The van der Waals surface area contributed by atoms with Gasteiger partial charge in [0.1, 0.15) is 18.1 Å². The lowest BCUT2D eigenvalue weighted by Gasteiger charge is -2.30. The smallest absolute Gasteiger partial charge is 0.326 e. The Bertz CT molecular complexity index is 1250. The Balaban J connectivity index is 1.45. The molecule has 39 heavy (non-hydrogen) atoms. The number of nitrogens with two attached hydrogens (primary N) is 1. The van der Waals surface area contributed by atoms with Crippen molar-refractivity contribution in [2.24, 2.45) is 5.73 Å². The summed E-state index contributed by atoms with van der Waals surface area (Å²) in [6.45, 7) is 0.292. The first kappa shape index (κ1) is 27.5. The van der Waals surface area contributed by atoms with Gasteiger partial charge in [0.25, 0.3) is 0 Å². The fourth-order valence-electron chi connectivity index (χ4n) is 4.64. The van der Waals surface area contributed by atoms with Crippen molar-refractivity contribution in [2.75, 3.05) is 6.54 Å². The van der Waals surface area contributed by atoms with Crippen LogP contribution in [0.2, 0.25) is 0 Å². The third-order valence-corrected chi connectivity index (χ3v) is 6.66. The minimum absolute atomic E-state index is 0.0134. The predicted molar refractivity (Wildman–Crippen MR) is 139 cm³/mol. The number of benzene rings is 1. The van der Waals surface area contributed by atoms with E-state index in [0.29, 0.717) is 37.2 Å². The molecule has 13 heteroatoms. The highest BCUT2D eigenvalue weighted by Gasteiger charge is 2.39. The van der Waals surface area contributed by atoms with Crippen molar-refractivity contribution >= 4 is 23.7 Å². The highest BCUT2D eigenvalue weighted by Crippen LogP contribution is 2.20. The van der Waals surface area contributed by atoms with Crippen molar-refractivity contribution < 1.29 is 24.3 Å². The number of carbonyl (C=O) groups is 4. The minimum atomic E-state index is -1.20. The Hall–Kier alpha value is -4.52. The number of rotatable bonds is 12. The third-order valence-electron chi connectivity index (χ3n) is 6.66. The van der Waals surface area contributed by atoms with E-state index in [4.69, 9.17) is 5.73 Å². The number of H-pyrrole nitrogens is 2. The molecule has 0 saturated carbocycles. The van der Waals surface area contributed by atoms with Gasteiger partial charge in [-0.15, -0.1) is 0 Å². The molecule has 0 aliphatic carbocycles. The number of aromatic nitrogens is 4. The van der Waals surface area contributed by atoms with Crippen LogP contribution in [0.1, 0.15) is 29.8 Å². The normalized spacial score (nSPS) is 17.3. The van der Waals surface area contributed by atoms with Gasteiger partial charge in [0, 0.05) is 43.2 Å². The molecule has 0 spiro atoms. The Labute approximate surface area is 224 Å². The molecule has 13 nitrogen and oxygen atoms in total.